The number of carbonyl (C=O) groups excluding carboxylic acids is 7. The van der Waals surface area contributed by atoms with Crippen molar-refractivity contribution in [2.45, 2.75) is 271 Å². The van der Waals surface area contributed by atoms with Crippen molar-refractivity contribution in [2.24, 2.45) is 35.5 Å². The van der Waals surface area contributed by atoms with Crippen LogP contribution >= 0.6 is 0 Å². The van der Waals surface area contributed by atoms with E-state index in [2.05, 4.69) is 85.2 Å². The summed E-state index contributed by atoms with van der Waals surface area (Å²) in [5.41, 5.74) is 0. The minimum atomic E-state index is -0.0591. The van der Waals surface area contributed by atoms with Crippen LogP contribution in [-0.2, 0) is 62.0 Å². The predicted molar refractivity (Wildman–Crippen MR) is 345 cm³/mol. The molecule has 0 aromatic carbocycles. The Morgan fingerprint density at radius 2 is 0.655 bits per heavy atom. The number of hydrogen-bond donors (Lipinski definition) is 3. The van der Waals surface area contributed by atoms with E-state index in [-0.39, 0.29) is 47.5 Å². The molecule has 0 bridgehead atoms. The quantitative estimate of drug-likeness (QED) is 0.0484. The lowest BCUT2D eigenvalue weighted by Crippen LogP contribution is -2.30. The Kier molecular flexibility index (Phi) is 67.1. The molecule has 0 aromatic heterocycles. The van der Waals surface area contributed by atoms with Crippen molar-refractivity contribution in [3.05, 3.63) is 0 Å². The van der Waals surface area contributed by atoms with E-state index >= 15 is 0 Å². The summed E-state index contributed by atoms with van der Waals surface area (Å²) < 4.78 is 32.7. The molecule has 0 saturated heterocycles. The molecular formula is C68H133N3O13. The Hall–Kier alpha value is -2.99. The average Bonchev–Trinajstić information content (AvgIpc) is 3.39. The molecule has 0 aromatic rings. The number of ketones is 5. The second-order valence-electron chi connectivity index (χ2n) is 25.3. The van der Waals surface area contributed by atoms with E-state index in [0.717, 1.165) is 96.8 Å². The SMILES string of the molecule is CC(C)CC(=O)CCCCCNC(C)C.CC(C)CC(=O)CCCCOCCOCCOCCCCC(=O)CCC(=O)C(C)C.CC(C)CC(=O)NCCCCCC(=O)CCC(=O)NC(C)C.CC(C)CCOCCOCCOCCC(C)C. The summed E-state index contributed by atoms with van der Waals surface area (Å²) >= 11 is 0. The smallest absolute Gasteiger partial charge is 0.220 e. The molecule has 0 heterocycles. The molecule has 16 heteroatoms. The maximum Gasteiger partial charge on any atom is 0.220 e. The van der Waals surface area contributed by atoms with Gasteiger partial charge in [0.1, 0.15) is 28.9 Å². The second kappa shape index (κ2) is 64.5. The molecule has 0 unspecified atom stereocenters. The van der Waals surface area contributed by atoms with Gasteiger partial charge in [-0.05, 0) is 114 Å². The lowest BCUT2D eigenvalue weighted by atomic mass is 10.0. The van der Waals surface area contributed by atoms with Gasteiger partial charge in [0, 0.05) is 122 Å². The molecule has 0 rings (SSSR count). The number of nitrogens with one attached hydrogen (secondary N) is 3. The average molecular weight is 1200 g/mol. The van der Waals surface area contributed by atoms with Gasteiger partial charge >= 0.3 is 0 Å². The van der Waals surface area contributed by atoms with Crippen molar-refractivity contribution in [1.29, 1.82) is 0 Å². The molecule has 0 aliphatic heterocycles. The first kappa shape index (κ1) is 87.4. The summed E-state index contributed by atoms with van der Waals surface area (Å²) in [6, 6.07) is 0.695. The van der Waals surface area contributed by atoms with Gasteiger partial charge in [0.2, 0.25) is 11.8 Å². The van der Waals surface area contributed by atoms with E-state index in [9.17, 15) is 33.6 Å². The monoisotopic (exact) mass is 1200 g/mol. The topological polar surface area (TPSA) is 211 Å². The van der Waals surface area contributed by atoms with Crippen molar-refractivity contribution >= 4 is 40.7 Å². The van der Waals surface area contributed by atoms with Gasteiger partial charge in [-0.25, -0.2) is 0 Å². The van der Waals surface area contributed by atoms with Gasteiger partial charge in [-0.3, -0.25) is 33.6 Å². The van der Waals surface area contributed by atoms with E-state index in [1.165, 1.54) is 12.8 Å². The standard InChI is InChI=1S/C24H44O6.C17H32N2O3.C14H30O3.C13H27NO/c1-20(2)19-23(26)10-6-8-14-29-16-18-30-17-15-28-13-7-5-9-22(25)11-12-24(27)21(3)4;1-13(2)12-17(22)18-11-7-5-6-8-15(20)9-10-16(21)19-14(3)4;1-13(2)5-7-15-9-11-17-12-10-16-8-6-14(3)4;1-11(2)10-13(15)8-6-5-7-9-14-12(3)4/h20-21H,5-19H2,1-4H3;13-14H,5-12H2,1-4H3,(H,18,22)(H,19,21);13-14H,5-12H2,1-4H3;11-12,14H,5-10H2,1-4H3. The molecule has 0 radical (unpaired) electrons. The predicted octanol–water partition coefficient (Wildman–Crippen LogP) is 13.4. The van der Waals surface area contributed by atoms with Crippen LogP contribution in [0.3, 0.4) is 0 Å². The van der Waals surface area contributed by atoms with E-state index < -0.39 is 0 Å². The van der Waals surface area contributed by atoms with Crippen LogP contribution in [0.2, 0.25) is 0 Å². The number of ether oxygens (including phenoxy) is 6. The summed E-state index contributed by atoms with van der Waals surface area (Å²) in [5, 5.41) is 9.04. The highest BCUT2D eigenvalue weighted by Gasteiger charge is 2.12. The van der Waals surface area contributed by atoms with Crippen LogP contribution in [0.5, 0.6) is 0 Å². The number of carbonyl (C=O) groups is 7. The van der Waals surface area contributed by atoms with Crippen LogP contribution < -0.4 is 16.0 Å². The Labute approximate surface area is 515 Å². The molecule has 0 fully saturated rings. The summed E-state index contributed by atoms with van der Waals surface area (Å²) in [5.74, 6) is 4.05. The van der Waals surface area contributed by atoms with Crippen molar-refractivity contribution < 1.29 is 62.0 Å². The van der Waals surface area contributed by atoms with Gasteiger partial charge in [0.15, 0.2) is 0 Å². The molecule has 16 nitrogen and oxygen atoms in total. The van der Waals surface area contributed by atoms with E-state index in [1.54, 1.807) is 0 Å². The molecule has 84 heavy (non-hydrogen) atoms. The number of unbranched alkanes of at least 4 members (excludes halogenated alkanes) is 6. The van der Waals surface area contributed by atoms with Crippen LogP contribution in [0.4, 0.5) is 0 Å². The van der Waals surface area contributed by atoms with Crippen molar-refractivity contribution in [2.75, 3.05) is 92.4 Å². The zero-order valence-electron chi connectivity index (χ0n) is 57.1. The zero-order chi connectivity index (χ0) is 64.2. The molecule has 2 amide bonds. The highest BCUT2D eigenvalue weighted by molar-refractivity contribution is 5.87. The first-order valence-electron chi connectivity index (χ1n) is 33.1. The lowest BCUT2D eigenvalue weighted by molar-refractivity contribution is -0.126. The maximum absolute atomic E-state index is 11.7. The summed E-state index contributed by atoms with van der Waals surface area (Å²) in [6.07, 6.45) is 17.5. The Bertz CT molecular complexity index is 1530. The third kappa shape index (κ3) is 81.1. The molecule has 498 valence electrons. The fourth-order valence-electron chi connectivity index (χ4n) is 7.65. The van der Waals surface area contributed by atoms with Crippen molar-refractivity contribution in [1.82, 2.24) is 16.0 Å². The van der Waals surface area contributed by atoms with Gasteiger partial charge in [-0.1, -0.05) is 110 Å². The first-order valence-corrected chi connectivity index (χ1v) is 33.1. The van der Waals surface area contributed by atoms with Crippen LogP contribution in [-0.4, -0.2) is 145 Å². The van der Waals surface area contributed by atoms with Crippen LogP contribution in [0.1, 0.15) is 258 Å². The Balaban J connectivity index is -0.000000527. The highest BCUT2D eigenvalue weighted by atomic mass is 16.5. The van der Waals surface area contributed by atoms with Crippen molar-refractivity contribution in [3.63, 3.8) is 0 Å². The fraction of sp³-hybridized carbons (Fsp3) is 0.897. The first-order chi connectivity index (χ1) is 39.8. The van der Waals surface area contributed by atoms with Gasteiger partial charge in [0.25, 0.3) is 0 Å². The minimum Gasteiger partial charge on any atom is -0.379 e. The number of hydrogen-bond acceptors (Lipinski definition) is 14. The molecule has 0 aliphatic rings. The van der Waals surface area contributed by atoms with E-state index in [4.69, 9.17) is 28.4 Å². The summed E-state index contributed by atoms with van der Waals surface area (Å²) in [4.78, 5) is 80.6. The number of amides is 2. The number of Topliss-reactive ketones (excluding diaryl/α,β-unsaturated/α-hetero) is 5. The van der Waals surface area contributed by atoms with E-state index in [1.807, 2.05) is 41.5 Å². The van der Waals surface area contributed by atoms with Crippen LogP contribution in [0.25, 0.3) is 0 Å². The van der Waals surface area contributed by atoms with Crippen molar-refractivity contribution in [3.8, 4) is 0 Å². The Morgan fingerprint density at radius 1 is 0.298 bits per heavy atom. The van der Waals surface area contributed by atoms with Gasteiger partial charge in [-0.15, -0.1) is 0 Å². The molecule has 3 N–H and O–H groups in total. The Morgan fingerprint density at radius 3 is 1.02 bits per heavy atom. The van der Waals surface area contributed by atoms with Crippen LogP contribution in [0.15, 0.2) is 0 Å². The molecule has 0 atom stereocenters. The largest absolute Gasteiger partial charge is 0.379 e. The third-order valence-corrected chi connectivity index (χ3v) is 12.5. The summed E-state index contributed by atoms with van der Waals surface area (Å²) in [6.45, 7) is 42.7. The molecule has 0 saturated carbocycles. The molecule has 0 spiro atoms. The third-order valence-electron chi connectivity index (χ3n) is 12.5. The number of rotatable bonds is 55. The summed E-state index contributed by atoms with van der Waals surface area (Å²) in [7, 11) is 0. The molecule has 0 aliphatic carbocycles. The maximum atomic E-state index is 11.7. The van der Waals surface area contributed by atoms with Crippen LogP contribution in [0, 0.1) is 35.5 Å². The van der Waals surface area contributed by atoms with E-state index in [0.29, 0.717) is 171 Å². The van der Waals surface area contributed by atoms with Gasteiger partial charge < -0.3 is 44.4 Å². The lowest BCUT2D eigenvalue weighted by Gasteiger charge is -2.08. The zero-order valence-corrected chi connectivity index (χ0v) is 57.1. The fourth-order valence-corrected chi connectivity index (χ4v) is 7.65. The highest BCUT2D eigenvalue weighted by Crippen LogP contribution is 2.10. The molecular weight excluding hydrogens is 1070 g/mol. The second-order valence-corrected chi connectivity index (χ2v) is 25.3. The van der Waals surface area contributed by atoms with Gasteiger partial charge in [0.05, 0.1) is 52.9 Å². The normalized spacial score (nSPS) is 11.3. The van der Waals surface area contributed by atoms with Gasteiger partial charge in [-0.2, -0.15) is 0 Å². The minimum absolute atomic E-state index is 0.0105.